The molecule has 0 bridgehead atoms. The Morgan fingerprint density at radius 3 is 1.03 bits per heavy atom. The van der Waals surface area contributed by atoms with Crippen LogP contribution in [0.15, 0.2) is 48.6 Å². The van der Waals surface area contributed by atoms with Crippen molar-refractivity contribution in [3.63, 3.8) is 0 Å². The van der Waals surface area contributed by atoms with Crippen LogP contribution in [-0.2, 0) is 14.3 Å². The number of rotatable bonds is 64. The molecule has 77 heavy (non-hydrogen) atoms. The summed E-state index contributed by atoms with van der Waals surface area (Å²) >= 11 is 0. The van der Waals surface area contributed by atoms with Crippen molar-refractivity contribution in [2.75, 3.05) is 13.2 Å². The van der Waals surface area contributed by atoms with Crippen molar-refractivity contribution in [2.45, 2.75) is 379 Å². The maximum atomic E-state index is 12.5. The largest absolute Gasteiger partial charge is 0.466 e. The molecule has 0 aromatic rings. The molecule has 0 spiro atoms. The Hall–Kier alpha value is -2.18. The van der Waals surface area contributed by atoms with Gasteiger partial charge in [-0.1, -0.05) is 313 Å². The molecule has 0 aromatic carbocycles. The summed E-state index contributed by atoms with van der Waals surface area (Å²) in [5, 5.41) is 23.2. The minimum absolute atomic E-state index is 0.0000559. The molecule has 6 heteroatoms. The third-order valence-corrected chi connectivity index (χ3v) is 15.8. The lowest BCUT2D eigenvalue weighted by atomic mass is 10.0. The van der Waals surface area contributed by atoms with Crippen molar-refractivity contribution in [1.29, 1.82) is 0 Å². The van der Waals surface area contributed by atoms with E-state index in [0.29, 0.717) is 19.4 Å². The first kappa shape index (κ1) is 74.8. The lowest BCUT2D eigenvalue weighted by Crippen LogP contribution is -2.45. The van der Waals surface area contributed by atoms with Crippen LogP contribution >= 0.6 is 0 Å². The zero-order valence-corrected chi connectivity index (χ0v) is 51.7. The monoisotopic (exact) mass is 1080 g/mol. The fraction of sp³-hybridized carbons (Fsp3) is 0.859. The van der Waals surface area contributed by atoms with E-state index in [9.17, 15) is 19.8 Å². The summed E-state index contributed by atoms with van der Waals surface area (Å²) in [6, 6.07) is -0.636. The highest BCUT2D eigenvalue weighted by Crippen LogP contribution is 2.18. The van der Waals surface area contributed by atoms with Gasteiger partial charge >= 0.3 is 5.97 Å². The third-order valence-electron chi connectivity index (χ3n) is 15.8. The second-order valence-electron chi connectivity index (χ2n) is 23.5. The summed E-state index contributed by atoms with van der Waals surface area (Å²) in [6.07, 6.45) is 86.0. The van der Waals surface area contributed by atoms with Crippen molar-refractivity contribution < 1.29 is 24.5 Å². The zero-order valence-electron chi connectivity index (χ0n) is 51.7. The van der Waals surface area contributed by atoms with Crippen LogP contribution in [0, 0.1) is 0 Å². The Bertz CT molecular complexity index is 1290. The van der Waals surface area contributed by atoms with E-state index in [-0.39, 0.29) is 18.5 Å². The molecular formula is C71H133NO5. The highest BCUT2D eigenvalue weighted by molar-refractivity contribution is 5.76. The maximum Gasteiger partial charge on any atom is 0.305 e. The molecule has 0 aliphatic rings. The first-order chi connectivity index (χ1) is 38.0. The van der Waals surface area contributed by atoms with Crippen molar-refractivity contribution in [1.82, 2.24) is 5.32 Å². The number of carbonyl (C=O) groups is 2. The van der Waals surface area contributed by atoms with Crippen LogP contribution in [0.5, 0.6) is 0 Å². The molecule has 3 N–H and O–H groups in total. The molecular weight excluding hydrogens is 947 g/mol. The molecule has 6 nitrogen and oxygen atoms in total. The Morgan fingerprint density at radius 1 is 0.364 bits per heavy atom. The number of amides is 1. The molecule has 0 heterocycles. The van der Waals surface area contributed by atoms with E-state index in [1.807, 2.05) is 6.08 Å². The average molecular weight is 1080 g/mol. The van der Waals surface area contributed by atoms with Crippen LogP contribution in [0.25, 0.3) is 0 Å². The van der Waals surface area contributed by atoms with Crippen LogP contribution < -0.4 is 5.32 Å². The zero-order chi connectivity index (χ0) is 55.7. The highest BCUT2D eigenvalue weighted by Gasteiger charge is 2.18. The number of hydrogen-bond donors (Lipinski definition) is 3. The predicted octanol–water partition coefficient (Wildman–Crippen LogP) is 22.1. The first-order valence-corrected chi connectivity index (χ1v) is 34.4. The van der Waals surface area contributed by atoms with Gasteiger partial charge in [-0.3, -0.25) is 9.59 Å². The topological polar surface area (TPSA) is 95.9 Å². The summed E-state index contributed by atoms with van der Waals surface area (Å²) < 4.78 is 5.49. The average Bonchev–Trinajstić information content (AvgIpc) is 3.43. The van der Waals surface area contributed by atoms with Gasteiger partial charge in [0.2, 0.25) is 5.91 Å². The van der Waals surface area contributed by atoms with Gasteiger partial charge in [-0.05, 0) is 89.9 Å². The van der Waals surface area contributed by atoms with Gasteiger partial charge in [0.05, 0.1) is 25.4 Å². The van der Waals surface area contributed by atoms with Crippen LogP contribution in [0.1, 0.15) is 367 Å². The highest BCUT2D eigenvalue weighted by atomic mass is 16.5. The standard InChI is InChI=1S/C71H133NO5/c1-3-5-7-9-11-13-15-17-19-21-22-23-25-28-32-35-39-43-47-51-55-59-63-69(74)68(67-73)72-70(75)64-60-56-52-48-44-40-36-33-29-26-24-27-30-34-38-42-46-50-54-58-62-66-77-71(76)65-61-57-53-49-45-41-37-31-20-18-16-14-12-10-8-6-4-2/h12,14,18,20,26,29,59,63,68-69,73-74H,3-11,13,15-17,19,21-25,27-28,30-58,60-62,64-67H2,1-2H3,(H,72,75)/b14-12-,20-18-,29-26-,63-59+. The van der Waals surface area contributed by atoms with Crippen LogP contribution in [-0.4, -0.2) is 47.4 Å². The second-order valence-corrected chi connectivity index (χ2v) is 23.5. The molecule has 2 atom stereocenters. The van der Waals surface area contributed by atoms with Gasteiger partial charge in [0.1, 0.15) is 0 Å². The number of carbonyl (C=O) groups excluding carboxylic acids is 2. The molecule has 0 saturated carbocycles. The number of aliphatic hydroxyl groups is 2. The molecule has 0 fully saturated rings. The van der Waals surface area contributed by atoms with Crippen molar-refractivity contribution >= 4 is 11.9 Å². The van der Waals surface area contributed by atoms with E-state index in [0.717, 1.165) is 57.8 Å². The van der Waals surface area contributed by atoms with Gasteiger partial charge in [-0.15, -0.1) is 0 Å². The van der Waals surface area contributed by atoms with Gasteiger partial charge in [-0.2, -0.15) is 0 Å². The van der Waals surface area contributed by atoms with E-state index in [4.69, 9.17) is 4.74 Å². The maximum absolute atomic E-state index is 12.5. The van der Waals surface area contributed by atoms with E-state index in [2.05, 4.69) is 55.6 Å². The van der Waals surface area contributed by atoms with Gasteiger partial charge in [0.15, 0.2) is 0 Å². The Morgan fingerprint density at radius 2 is 0.649 bits per heavy atom. The van der Waals surface area contributed by atoms with Gasteiger partial charge in [0, 0.05) is 12.8 Å². The Kier molecular flexibility index (Phi) is 64.5. The normalized spacial score (nSPS) is 12.8. The minimum atomic E-state index is -0.852. The van der Waals surface area contributed by atoms with E-state index in [1.165, 1.54) is 283 Å². The molecule has 0 aromatic heterocycles. The number of aliphatic hydroxyl groups excluding tert-OH is 2. The summed E-state index contributed by atoms with van der Waals surface area (Å²) in [5.41, 5.74) is 0. The summed E-state index contributed by atoms with van der Waals surface area (Å²) in [5.74, 6) is -0.0730. The fourth-order valence-corrected chi connectivity index (χ4v) is 10.5. The fourth-order valence-electron chi connectivity index (χ4n) is 10.5. The molecule has 0 aliphatic heterocycles. The number of esters is 1. The summed E-state index contributed by atoms with van der Waals surface area (Å²) in [7, 11) is 0. The van der Waals surface area contributed by atoms with E-state index >= 15 is 0 Å². The molecule has 0 radical (unpaired) electrons. The molecule has 0 aliphatic carbocycles. The predicted molar refractivity (Wildman–Crippen MR) is 338 cm³/mol. The van der Waals surface area contributed by atoms with Crippen LogP contribution in [0.3, 0.4) is 0 Å². The summed E-state index contributed by atoms with van der Waals surface area (Å²) in [4.78, 5) is 24.6. The van der Waals surface area contributed by atoms with Crippen molar-refractivity contribution in [3.8, 4) is 0 Å². The molecule has 452 valence electrons. The Labute approximate surface area is 480 Å². The third kappa shape index (κ3) is 62.9. The molecule has 2 unspecified atom stereocenters. The number of nitrogens with one attached hydrogen (secondary N) is 1. The van der Waals surface area contributed by atoms with Gasteiger partial charge in [-0.25, -0.2) is 0 Å². The van der Waals surface area contributed by atoms with Crippen molar-refractivity contribution in [2.24, 2.45) is 0 Å². The smallest absolute Gasteiger partial charge is 0.305 e. The lowest BCUT2D eigenvalue weighted by molar-refractivity contribution is -0.143. The lowest BCUT2D eigenvalue weighted by Gasteiger charge is -2.20. The molecule has 0 rings (SSSR count). The van der Waals surface area contributed by atoms with Crippen molar-refractivity contribution in [3.05, 3.63) is 48.6 Å². The number of ether oxygens (including phenoxy) is 1. The molecule has 0 saturated heterocycles. The van der Waals surface area contributed by atoms with Gasteiger partial charge < -0.3 is 20.3 Å². The first-order valence-electron chi connectivity index (χ1n) is 34.4. The number of allylic oxidation sites excluding steroid dienone is 7. The van der Waals surface area contributed by atoms with E-state index in [1.54, 1.807) is 6.08 Å². The number of unbranched alkanes of at least 4 members (excludes halogenated alkanes) is 47. The minimum Gasteiger partial charge on any atom is -0.466 e. The van der Waals surface area contributed by atoms with Crippen LogP contribution in [0.2, 0.25) is 0 Å². The number of hydrogen-bond acceptors (Lipinski definition) is 5. The quantitative estimate of drug-likeness (QED) is 0.0320. The van der Waals surface area contributed by atoms with Gasteiger partial charge in [0.25, 0.3) is 0 Å². The second kappa shape index (κ2) is 66.3. The Balaban J connectivity index is 3.45. The summed E-state index contributed by atoms with van der Waals surface area (Å²) in [6.45, 7) is 4.89. The molecule has 1 amide bonds. The van der Waals surface area contributed by atoms with E-state index < -0.39 is 12.1 Å². The SMILES string of the molecule is CCCCC/C=C\C/C=C\CCCCCCCCCC(=O)OCCCCCCCCCCCC/C=C\CCCCCCCCCC(=O)NC(CO)C(O)/C=C/CCCCCCCCCCCCCCCCCCCCCC. The van der Waals surface area contributed by atoms with Crippen LogP contribution in [0.4, 0.5) is 0 Å².